The molecule has 1 amide bonds. The molecule has 4 nitrogen and oxygen atoms in total. The first-order valence-corrected chi connectivity index (χ1v) is 9.96. The number of halogens is 2. The summed E-state index contributed by atoms with van der Waals surface area (Å²) in [6.45, 7) is 3.81. The summed E-state index contributed by atoms with van der Waals surface area (Å²) in [5.74, 6) is -1.92. The molecule has 0 atom stereocenters. The lowest BCUT2D eigenvalue weighted by Crippen LogP contribution is -2.09. The number of nitrogens with one attached hydrogen (secondary N) is 1. The van der Waals surface area contributed by atoms with E-state index in [2.05, 4.69) is 5.32 Å². The standard InChI is InChI=1S/C26H21F2NO3/c1-15-4-6-17(7-5-15)21-14-32-25-13-24(31-3)19(12-20(21)25)16(2)10-26(30)29-18-8-9-22(27)23(28)11-18/h4-14H,1-3H3,(H,29,30)/b16-10+. The zero-order valence-corrected chi connectivity index (χ0v) is 17.8. The molecule has 6 heteroatoms. The molecular formula is C26H21F2NO3. The minimum absolute atomic E-state index is 0.164. The van der Waals surface area contributed by atoms with Crippen molar-refractivity contribution in [1.29, 1.82) is 0 Å². The van der Waals surface area contributed by atoms with Crippen LogP contribution >= 0.6 is 0 Å². The van der Waals surface area contributed by atoms with Gasteiger partial charge < -0.3 is 14.5 Å². The number of fused-ring (bicyclic) bond motifs is 1. The number of hydrogen-bond acceptors (Lipinski definition) is 3. The van der Waals surface area contributed by atoms with E-state index in [1.165, 1.54) is 12.1 Å². The van der Waals surface area contributed by atoms with Gasteiger partial charge in [0.2, 0.25) is 5.91 Å². The quantitative estimate of drug-likeness (QED) is 0.355. The maximum absolute atomic E-state index is 13.4. The molecule has 3 aromatic carbocycles. The van der Waals surface area contributed by atoms with Crippen LogP contribution in [0.2, 0.25) is 0 Å². The maximum Gasteiger partial charge on any atom is 0.248 e. The van der Waals surface area contributed by atoms with E-state index < -0.39 is 17.5 Å². The fraction of sp³-hybridized carbons (Fsp3) is 0.115. The third-order valence-electron chi connectivity index (χ3n) is 5.22. The Morgan fingerprint density at radius 2 is 1.78 bits per heavy atom. The average molecular weight is 433 g/mol. The van der Waals surface area contributed by atoms with E-state index in [0.717, 1.165) is 39.8 Å². The minimum atomic E-state index is -1.03. The zero-order valence-electron chi connectivity index (χ0n) is 17.8. The predicted octanol–water partition coefficient (Wildman–Crippen LogP) is 6.74. The summed E-state index contributed by atoms with van der Waals surface area (Å²) < 4.78 is 37.8. The second-order valence-corrected chi connectivity index (χ2v) is 7.51. The Morgan fingerprint density at radius 1 is 1.03 bits per heavy atom. The van der Waals surface area contributed by atoms with E-state index >= 15 is 0 Å². The molecule has 0 saturated carbocycles. The number of allylic oxidation sites excluding steroid dienone is 1. The van der Waals surface area contributed by atoms with Crippen LogP contribution in [0.15, 0.2) is 71.4 Å². The van der Waals surface area contributed by atoms with Gasteiger partial charge >= 0.3 is 0 Å². The number of carbonyl (C=O) groups excluding carboxylic acids is 1. The van der Waals surface area contributed by atoms with Crippen molar-refractivity contribution in [2.45, 2.75) is 13.8 Å². The van der Waals surface area contributed by atoms with Crippen LogP contribution < -0.4 is 10.1 Å². The summed E-state index contributed by atoms with van der Waals surface area (Å²) in [5.41, 5.74) is 5.30. The highest BCUT2D eigenvalue weighted by Gasteiger charge is 2.15. The summed E-state index contributed by atoms with van der Waals surface area (Å²) in [6.07, 6.45) is 3.09. The second kappa shape index (κ2) is 8.67. The number of ether oxygens (including phenoxy) is 1. The van der Waals surface area contributed by atoms with Crippen LogP contribution in [0, 0.1) is 18.6 Å². The highest BCUT2D eigenvalue weighted by atomic mass is 19.2. The topological polar surface area (TPSA) is 51.5 Å². The number of benzene rings is 3. The van der Waals surface area contributed by atoms with Crippen LogP contribution in [0.5, 0.6) is 5.75 Å². The molecule has 0 spiro atoms. The van der Waals surface area contributed by atoms with Crippen LogP contribution in [-0.2, 0) is 4.79 Å². The van der Waals surface area contributed by atoms with E-state index in [-0.39, 0.29) is 5.69 Å². The van der Waals surface area contributed by atoms with E-state index in [4.69, 9.17) is 9.15 Å². The van der Waals surface area contributed by atoms with E-state index in [9.17, 15) is 13.6 Å². The van der Waals surface area contributed by atoms with Gasteiger partial charge in [-0.3, -0.25) is 4.79 Å². The molecule has 4 rings (SSSR count). The predicted molar refractivity (Wildman–Crippen MR) is 122 cm³/mol. The van der Waals surface area contributed by atoms with Gasteiger partial charge in [-0.1, -0.05) is 29.8 Å². The first-order valence-electron chi connectivity index (χ1n) is 9.96. The number of hydrogen-bond donors (Lipinski definition) is 1. The average Bonchev–Trinajstić information content (AvgIpc) is 3.18. The molecule has 0 saturated heterocycles. The third kappa shape index (κ3) is 4.25. The minimum Gasteiger partial charge on any atom is -0.496 e. The second-order valence-electron chi connectivity index (χ2n) is 7.51. The monoisotopic (exact) mass is 433 g/mol. The summed E-state index contributed by atoms with van der Waals surface area (Å²) in [4.78, 5) is 12.5. The summed E-state index contributed by atoms with van der Waals surface area (Å²) in [7, 11) is 1.54. The summed E-state index contributed by atoms with van der Waals surface area (Å²) in [6, 6.07) is 15.0. The third-order valence-corrected chi connectivity index (χ3v) is 5.22. The smallest absolute Gasteiger partial charge is 0.248 e. The van der Waals surface area contributed by atoms with Crippen LogP contribution in [-0.4, -0.2) is 13.0 Å². The van der Waals surface area contributed by atoms with Crippen LogP contribution in [0.1, 0.15) is 18.1 Å². The molecule has 0 aliphatic heterocycles. The molecule has 162 valence electrons. The largest absolute Gasteiger partial charge is 0.496 e. The van der Waals surface area contributed by atoms with Crippen LogP contribution in [0.4, 0.5) is 14.5 Å². The first kappa shape index (κ1) is 21.3. The van der Waals surface area contributed by atoms with E-state index in [0.29, 0.717) is 16.9 Å². The van der Waals surface area contributed by atoms with Crippen LogP contribution in [0.25, 0.3) is 27.7 Å². The number of amides is 1. The van der Waals surface area contributed by atoms with Crippen molar-refractivity contribution in [2.75, 3.05) is 12.4 Å². The van der Waals surface area contributed by atoms with Gasteiger partial charge in [0.1, 0.15) is 11.3 Å². The zero-order chi connectivity index (χ0) is 22.8. The molecular weight excluding hydrogens is 412 g/mol. The molecule has 1 N–H and O–H groups in total. The molecule has 0 fully saturated rings. The number of anilines is 1. The normalized spacial score (nSPS) is 11.6. The van der Waals surface area contributed by atoms with Crippen molar-refractivity contribution >= 4 is 28.1 Å². The molecule has 1 aromatic heterocycles. The lowest BCUT2D eigenvalue weighted by Gasteiger charge is -2.10. The molecule has 0 bridgehead atoms. The first-order chi connectivity index (χ1) is 15.4. The number of methoxy groups -OCH3 is 1. The van der Waals surface area contributed by atoms with E-state index in [1.54, 1.807) is 26.4 Å². The number of furan rings is 1. The number of rotatable bonds is 5. The van der Waals surface area contributed by atoms with Gasteiger partial charge in [0.25, 0.3) is 0 Å². The molecule has 32 heavy (non-hydrogen) atoms. The number of carbonyl (C=O) groups is 1. The lowest BCUT2D eigenvalue weighted by atomic mass is 9.99. The van der Waals surface area contributed by atoms with E-state index in [1.807, 2.05) is 37.3 Å². The van der Waals surface area contributed by atoms with Gasteiger partial charge in [-0.05, 0) is 43.2 Å². The van der Waals surface area contributed by atoms with Gasteiger partial charge in [-0.15, -0.1) is 0 Å². The highest BCUT2D eigenvalue weighted by molar-refractivity contribution is 6.05. The molecule has 0 aliphatic carbocycles. The van der Waals surface area contributed by atoms with Gasteiger partial charge in [-0.25, -0.2) is 8.78 Å². The number of aryl methyl sites for hydroxylation is 1. The molecule has 0 aliphatic rings. The van der Waals surface area contributed by atoms with Gasteiger partial charge in [0.15, 0.2) is 11.6 Å². The molecule has 1 heterocycles. The van der Waals surface area contributed by atoms with Crippen molar-refractivity contribution in [3.63, 3.8) is 0 Å². The highest BCUT2D eigenvalue weighted by Crippen LogP contribution is 2.37. The van der Waals surface area contributed by atoms with Gasteiger partial charge in [0, 0.05) is 40.4 Å². The van der Waals surface area contributed by atoms with Crippen molar-refractivity contribution in [3.05, 3.63) is 89.7 Å². The fourth-order valence-corrected chi connectivity index (χ4v) is 3.52. The maximum atomic E-state index is 13.4. The fourth-order valence-electron chi connectivity index (χ4n) is 3.52. The van der Waals surface area contributed by atoms with Crippen molar-refractivity contribution in [1.82, 2.24) is 0 Å². The Hall–Kier alpha value is -3.93. The van der Waals surface area contributed by atoms with Crippen molar-refractivity contribution in [3.8, 4) is 16.9 Å². The summed E-state index contributed by atoms with van der Waals surface area (Å²) in [5, 5.41) is 3.43. The van der Waals surface area contributed by atoms with Crippen molar-refractivity contribution < 1.29 is 22.7 Å². The lowest BCUT2D eigenvalue weighted by molar-refractivity contribution is -0.111. The molecule has 0 unspecified atom stereocenters. The molecule has 4 aromatic rings. The SMILES string of the molecule is COc1cc2occ(-c3ccc(C)cc3)c2cc1/C(C)=C/C(=O)Nc1ccc(F)c(F)c1. The van der Waals surface area contributed by atoms with Crippen molar-refractivity contribution in [2.24, 2.45) is 0 Å². The van der Waals surface area contributed by atoms with Crippen LogP contribution in [0.3, 0.4) is 0 Å². The van der Waals surface area contributed by atoms with Gasteiger partial charge in [-0.2, -0.15) is 0 Å². The Labute approximate surface area is 184 Å². The Morgan fingerprint density at radius 3 is 2.47 bits per heavy atom. The Balaban J connectivity index is 1.69. The molecule has 0 radical (unpaired) electrons. The Bertz CT molecular complexity index is 1340. The summed E-state index contributed by atoms with van der Waals surface area (Å²) >= 11 is 0. The Kier molecular flexibility index (Phi) is 5.77. The van der Waals surface area contributed by atoms with Gasteiger partial charge in [0.05, 0.1) is 13.4 Å².